The van der Waals surface area contributed by atoms with E-state index in [1.165, 1.54) is 10.1 Å². The quantitative estimate of drug-likeness (QED) is 0.384. The number of nitrogens with zero attached hydrogens (tertiary/aromatic N) is 3. The van der Waals surface area contributed by atoms with E-state index in [-0.39, 0.29) is 0 Å². The van der Waals surface area contributed by atoms with Gasteiger partial charge in [-0.2, -0.15) is 0 Å². The van der Waals surface area contributed by atoms with Crippen LogP contribution in [0, 0.1) is 0 Å². The number of hydrogen-bond acceptors (Lipinski definition) is 6. The number of anilines is 1. The summed E-state index contributed by atoms with van der Waals surface area (Å²) in [5.74, 6) is 0.926. The van der Waals surface area contributed by atoms with E-state index in [0.717, 1.165) is 61.9 Å². The van der Waals surface area contributed by atoms with E-state index in [9.17, 15) is 5.21 Å². The zero-order valence-electron chi connectivity index (χ0n) is 16.0. The molecule has 4 rings (SSSR count). The van der Waals surface area contributed by atoms with E-state index in [1.807, 2.05) is 24.3 Å². The van der Waals surface area contributed by atoms with Gasteiger partial charge in [-0.25, -0.2) is 0 Å². The molecule has 0 radical (unpaired) electrons. The molecule has 1 aliphatic heterocycles. The van der Waals surface area contributed by atoms with Crippen LogP contribution in [0.1, 0.15) is 12.0 Å². The normalized spacial score (nSPS) is 15.9. The van der Waals surface area contributed by atoms with Gasteiger partial charge in [-0.15, -0.1) is 11.3 Å². The second kappa shape index (κ2) is 8.63. The van der Waals surface area contributed by atoms with Gasteiger partial charge in [0, 0.05) is 60.2 Å². The summed E-state index contributed by atoms with van der Waals surface area (Å²) in [6.07, 6.45) is 0.742. The lowest BCUT2D eigenvalue weighted by Crippen LogP contribution is -2.47. The average molecular weight is 396 g/mol. The van der Waals surface area contributed by atoms with E-state index in [1.54, 1.807) is 18.4 Å². The van der Waals surface area contributed by atoms with E-state index < -0.39 is 0 Å². The van der Waals surface area contributed by atoms with Gasteiger partial charge in [0.05, 0.1) is 18.5 Å². The minimum absolute atomic E-state index is 0.742. The van der Waals surface area contributed by atoms with Crippen molar-refractivity contribution in [3.63, 3.8) is 0 Å². The molecule has 0 amide bonds. The Bertz CT molecular complexity index is 961. The molecule has 3 aromatic rings. The van der Waals surface area contributed by atoms with Crippen LogP contribution in [0.15, 0.2) is 59.1 Å². The third kappa shape index (κ3) is 3.84. The molecule has 0 atom stereocenters. The zero-order valence-corrected chi connectivity index (χ0v) is 16.9. The summed E-state index contributed by atoms with van der Waals surface area (Å²) >= 11 is 1.70. The van der Waals surface area contributed by atoms with Crippen molar-refractivity contribution in [3.05, 3.63) is 59.5 Å². The molecule has 0 bridgehead atoms. The lowest BCUT2D eigenvalue weighted by molar-refractivity contribution is 0.262. The molecule has 1 N–H and O–H groups in total. The number of piperazine rings is 1. The lowest BCUT2D eigenvalue weighted by Gasteiger charge is -2.36. The number of fused-ring (bicyclic) bond motifs is 1. The van der Waals surface area contributed by atoms with Crippen LogP contribution in [0.5, 0.6) is 5.75 Å². The van der Waals surface area contributed by atoms with Crippen LogP contribution in [-0.4, -0.2) is 55.7 Å². The van der Waals surface area contributed by atoms with Crippen LogP contribution < -0.4 is 9.64 Å². The zero-order chi connectivity index (χ0) is 19.3. The van der Waals surface area contributed by atoms with Crippen LogP contribution in [0.25, 0.3) is 10.1 Å². The minimum atomic E-state index is 0.742. The molecule has 6 heteroatoms. The molecule has 2 heterocycles. The molecule has 5 nitrogen and oxygen atoms in total. The van der Waals surface area contributed by atoms with Gasteiger partial charge in [0.15, 0.2) is 0 Å². The molecule has 0 spiro atoms. The van der Waals surface area contributed by atoms with Gasteiger partial charge in [-0.1, -0.05) is 35.5 Å². The maximum atomic E-state index is 9.59. The van der Waals surface area contributed by atoms with E-state index in [4.69, 9.17) is 4.74 Å². The number of hydrogen-bond donors (Lipinski definition) is 1. The first-order valence-electron chi connectivity index (χ1n) is 9.58. The third-order valence-electron chi connectivity index (χ3n) is 5.38. The number of thiophene rings is 1. The summed E-state index contributed by atoms with van der Waals surface area (Å²) < 4.78 is 6.72. The smallest absolute Gasteiger partial charge is 0.142 e. The fourth-order valence-electron chi connectivity index (χ4n) is 3.81. The van der Waals surface area contributed by atoms with Crippen LogP contribution in [0.3, 0.4) is 0 Å². The summed E-state index contributed by atoms with van der Waals surface area (Å²) in [4.78, 5) is 4.81. The molecular formula is C22H25N3O2S. The van der Waals surface area contributed by atoms with E-state index >= 15 is 0 Å². The van der Waals surface area contributed by atoms with Crippen molar-refractivity contribution in [2.24, 2.45) is 5.16 Å². The maximum Gasteiger partial charge on any atom is 0.142 e. The summed E-state index contributed by atoms with van der Waals surface area (Å²) in [6, 6.07) is 16.5. The molecule has 28 heavy (non-hydrogen) atoms. The maximum absolute atomic E-state index is 9.59. The molecular weight excluding hydrogens is 370 g/mol. The highest BCUT2D eigenvalue weighted by Gasteiger charge is 2.20. The molecule has 0 saturated carbocycles. The first kappa shape index (κ1) is 18.8. The number of ether oxygens (including phenoxy) is 1. The lowest BCUT2D eigenvalue weighted by atomic mass is 10.1. The van der Waals surface area contributed by atoms with Gasteiger partial charge < -0.3 is 14.8 Å². The molecule has 146 valence electrons. The Labute approximate surface area is 169 Å². The summed E-state index contributed by atoms with van der Waals surface area (Å²) in [5.41, 5.74) is 2.98. The molecule has 2 aromatic carbocycles. The van der Waals surface area contributed by atoms with E-state index in [0.29, 0.717) is 0 Å². The van der Waals surface area contributed by atoms with Crippen molar-refractivity contribution >= 4 is 32.8 Å². The molecule has 1 fully saturated rings. The Morgan fingerprint density at radius 1 is 1.07 bits per heavy atom. The van der Waals surface area contributed by atoms with Crippen molar-refractivity contribution in [3.8, 4) is 5.75 Å². The number of rotatable bonds is 6. The number of methoxy groups -OCH3 is 1. The van der Waals surface area contributed by atoms with E-state index in [2.05, 4.69) is 44.6 Å². The fourth-order valence-corrected chi connectivity index (χ4v) is 4.78. The predicted octanol–water partition coefficient (Wildman–Crippen LogP) is 4.30. The summed E-state index contributed by atoms with van der Waals surface area (Å²) in [5, 5.41) is 16.5. The van der Waals surface area contributed by atoms with Gasteiger partial charge in [0.2, 0.25) is 0 Å². The molecule has 0 aliphatic carbocycles. The largest absolute Gasteiger partial charge is 0.495 e. The number of benzene rings is 2. The third-order valence-corrected chi connectivity index (χ3v) is 6.34. The van der Waals surface area contributed by atoms with Gasteiger partial charge in [0.1, 0.15) is 5.75 Å². The van der Waals surface area contributed by atoms with Gasteiger partial charge >= 0.3 is 0 Å². The van der Waals surface area contributed by atoms with Crippen molar-refractivity contribution in [1.82, 2.24) is 4.90 Å². The van der Waals surface area contributed by atoms with Crippen molar-refractivity contribution < 1.29 is 9.94 Å². The molecule has 0 unspecified atom stereocenters. The minimum Gasteiger partial charge on any atom is -0.495 e. The van der Waals surface area contributed by atoms with Gasteiger partial charge in [-0.05, 0) is 18.2 Å². The summed E-state index contributed by atoms with van der Waals surface area (Å²) in [7, 11) is 1.72. The standard InChI is InChI=1S/C22H25N3O2S/c1-27-21-8-4-3-7-20(21)25-14-12-24(13-15-25)11-10-19(23-26)18-16-28-22-9-5-2-6-17(18)22/h2-9,16,26H,10-15H2,1H3/b23-19-. The highest BCUT2D eigenvalue weighted by molar-refractivity contribution is 7.17. The molecule has 1 aromatic heterocycles. The second-order valence-electron chi connectivity index (χ2n) is 6.94. The Balaban J connectivity index is 1.36. The van der Waals surface area contributed by atoms with Crippen LogP contribution in [-0.2, 0) is 0 Å². The Kier molecular flexibility index (Phi) is 5.78. The fraction of sp³-hybridized carbons (Fsp3) is 0.318. The van der Waals surface area contributed by atoms with Crippen molar-refractivity contribution in [1.29, 1.82) is 0 Å². The Morgan fingerprint density at radius 2 is 1.82 bits per heavy atom. The summed E-state index contributed by atoms with van der Waals surface area (Å²) in [6.45, 7) is 4.80. The highest BCUT2D eigenvalue weighted by Crippen LogP contribution is 2.29. The van der Waals surface area contributed by atoms with Crippen LogP contribution in [0.2, 0.25) is 0 Å². The number of oxime groups is 1. The Morgan fingerprint density at radius 3 is 2.61 bits per heavy atom. The second-order valence-corrected chi connectivity index (χ2v) is 7.85. The molecule has 1 aliphatic rings. The van der Waals surface area contributed by atoms with Crippen molar-refractivity contribution in [2.75, 3.05) is 44.7 Å². The SMILES string of the molecule is COc1ccccc1N1CCN(CC/C(=N/O)c2csc3ccccc23)CC1. The van der Waals surface area contributed by atoms with Crippen LogP contribution >= 0.6 is 11.3 Å². The first-order chi connectivity index (χ1) is 13.8. The van der Waals surface area contributed by atoms with Crippen LogP contribution in [0.4, 0.5) is 5.69 Å². The topological polar surface area (TPSA) is 48.3 Å². The predicted molar refractivity (Wildman–Crippen MR) is 116 cm³/mol. The highest BCUT2D eigenvalue weighted by atomic mass is 32.1. The molecule has 1 saturated heterocycles. The van der Waals surface area contributed by atoms with Gasteiger partial charge in [0.25, 0.3) is 0 Å². The van der Waals surface area contributed by atoms with Crippen molar-refractivity contribution in [2.45, 2.75) is 6.42 Å². The monoisotopic (exact) mass is 395 g/mol. The number of para-hydroxylation sites is 2. The first-order valence-corrected chi connectivity index (χ1v) is 10.5. The van der Waals surface area contributed by atoms with Gasteiger partial charge in [-0.3, -0.25) is 4.90 Å². The Hall–Kier alpha value is -2.57. The average Bonchev–Trinajstić information content (AvgIpc) is 3.19.